The molecule has 0 aromatic heterocycles. The van der Waals surface area contributed by atoms with Gasteiger partial charge in [-0.2, -0.15) is 0 Å². The van der Waals surface area contributed by atoms with Gasteiger partial charge in [0, 0.05) is 13.0 Å². The number of nitrogens with zero attached hydrogens (tertiary/aromatic N) is 1. The smallest absolute Gasteiger partial charge is 0.306 e. The van der Waals surface area contributed by atoms with E-state index in [1.54, 1.807) is 0 Å². The first-order valence-corrected chi connectivity index (χ1v) is 23.4. The molecule has 0 fully saturated rings. The number of carbonyl (C=O) groups excluding carboxylic acids is 1. The quantitative estimate of drug-likeness (QED) is 0.0201. The lowest BCUT2D eigenvalue weighted by atomic mass is 10.0. The maximum absolute atomic E-state index is 12.7. The summed E-state index contributed by atoms with van der Waals surface area (Å²) in [7, 11) is 1.36. The van der Waals surface area contributed by atoms with Crippen LogP contribution in [0.3, 0.4) is 0 Å². The Balaban J connectivity index is 4.22. The number of quaternary nitrogens is 1. The highest BCUT2D eigenvalue weighted by Crippen LogP contribution is 2.38. The molecule has 0 bridgehead atoms. The molecule has 52 heavy (non-hydrogen) atoms. The van der Waals surface area contributed by atoms with E-state index in [1.165, 1.54) is 135 Å². The Morgan fingerprint density at radius 2 is 1.00 bits per heavy atom. The fourth-order valence-corrected chi connectivity index (χ4v) is 6.86. The van der Waals surface area contributed by atoms with Crippen LogP contribution in [0.1, 0.15) is 200 Å². The van der Waals surface area contributed by atoms with Gasteiger partial charge in [-0.3, -0.25) is 9.36 Å². The third-order valence-corrected chi connectivity index (χ3v) is 10.5. The number of rotatable bonds is 41. The lowest BCUT2D eigenvalue weighted by Gasteiger charge is -2.28. The van der Waals surface area contributed by atoms with Crippen molar-refractivity contribution >= 4 is 13.8 Å². The molecule has 0 saturated heterocycles. The van der Waals surface area contributed by atoms with Gasteiger partial charge < -0.3 is 27.9 Å². The van der Waals surface area contributed by atoms with Gasteiger partial charge in [0.25, 0.3) is 7.82 Å². The van der Waals surface area contributed by atoms with Gasteiger partial charge in [-0.1, -0.05) is 167 Å². The lowest BCUT2D eigenvalue weighted by Crippen LogP contribution is -2.37. The molecule has 9 heteroatoms. The second-order valence-corrected chi connectivity index (χ2v) is 17.5. The number of hydrogen-bond acceptors (Lipinski definition) is 7. The zero-order chi connectivity index (χ0) is 38.4. The maximum Gasteiger partial charge on any atom is 0.306 e. The van der Waals surface area contributed by atoms with Crippen LogP contribution in [0.4, 0.5) is 0 Å². The van der Waals surface area contributed by atoms with Crippen molar-refractivity contribution in [2.75, 3.05) is 54.1 Å². The molecule has 0 aromatic carbocycles. The normalized spacial score (nSPS) is 13.9. The minimum Gasteiger partial charge on any atom is -0.756 e. The van der Waals surface area contributed by atoms with Gasteiger partial charge in [0.1, 0.15) is 19.3 Å². The zero-order valence-electron chi connectivity index (χ0n) is 35.0. The van der Waals surface area contributed by atoms with Gasteiger partial charge in [0.15, 0.2) is 0 Å². The third kappa shape index (κ3) is 40.4. The highest BCUT2D eigenvalue weighted by atomic mass is 31.2. The van der Waals surface area contributed by atoms with E-state index in [2.05, 4.69) is 26.0 Å². The fourth-order valence-electron chi connectivity index (χ4n) is 6.13. The molecule has 310 valence electrons. The van der Waals surface area contributed by atoms with E-state index < -0.39 is 13.9 Å². The largest absolute Gasteiger partial charge is 0.756 e. The molecule has 2 atom stereocenters. The number of hydrogen-bond donors (Lipinski definition) is 0. The van der Waals surface area contributed by atoms with E-state index in [-0.39, 0.29) is 25.8 Å². The Kier molecular flexibility index (Phi) is 36.6. The van der Waals surface area contributed by atoms with Crippen LogP contribution < -0.4 is 4.89 Å². The minimum absolute atomic E-state index is 0.0277. The first-order valence-electron chi connectivity index (χ1n) is 21.9. The van der Waals surface area contributed by atoms with Crippen LogP contribution in [0.2, 0.25) is 0 Å². The molecular weight excluding hydrogens is 673 g/mol. The Labute approximate surface area is 322 Å². The summed E-state index contributed by atoms with van der Waals surface area (Å²) >= 11 is 0. The van der Waals surface area contributed by atoms with Crippen LogP contribution in [0.25, 0.3) is 0 Å². The molecule has 0 aliphatic heterocycles. The van der Waals surface area contributed by atoms with Gasteiger partial charge in [0.2, 0.25) is 0 Å². The van der Waals surface area contributed by atoms with Crippen LogP contribution in [-0.2, 0) is 27.9 Å². The summed E-state index contributed by atoms with van der Waals surface area (Å²) < 4.78 is 34.6. The summed E-state index contributed by atoms with van der Waals surface area (Å²) in [4.78, 5) is 25.0. The number of carbonyl (C=O) groups is 1. The molecule has 0 radical (unpaired) electrons. The lowest BCUT2D eigenvalue weighted by molar-refractivity contribution is -0.870. The topological polar surface area (TPSA) is 94.1 Å². The summed E-state index contributed by atoms with van der Waals surface area (Å²) in [5.74, 6) is -0.339. The molecule has 0 rings (SSSR count). The summed E-state index contributed by atoms with van der Waals surface area (Å²) in [6.45, 7) is 5.43. The fraction of sp³-hybridized carbons (Fsp3) is 0.930. The van der Waals surface area contributed by atoms with Crippen molar-refractivity contribution < 1.29 is 37.3 Å². The van der Waals surface area contributed by atoms with Crippen LogP contribution in [-0.4, -0.2) is 70.7 Å². The summed E-state index contributed by atoms with van der Waals surface area (Å²) in [6, 6.07) is 0. The average molecular weight is 760 g/mol. The van der Waals surface area contributed by atoms with Crippen molar-refractivity contribution in [3.8, 4) is 0 Å². The predicted molar refractivity (Wildman–Crippen MR) is 217 cm³/mol. The first-order chi connectivity index (χ1) is 25.1. The van der Waals surface area contributed by atoms with Crippen LogP contribution in [0.15, 0.2) is 12.2 Å². The summed E-state index contributed by atoms with van der Waals surface area (Å²) in [5, 5.41) is 0. The van der Waals surface area contributed by atoms with E-state index >= 15 is 0 Å². The summed E-state index contributed by atoms with van der Waals surface area (Å²) in [5.41, 5.74) is 0. The Morgan fingerprint density at radius 1 is 0.577 bits per heavy atom. The maximum atomic E-state index is 12.7. The van der Waals surface area contributed by atoms with Gasteiger partial charge in [-0.05, 0) is 38.5 Å². The molecule has 1 unspecified atom stereocenters. The highest BCUT2D eigenvalue weighted by Gasteiger charge is 2.20. The van der Waals surface area contributed by atoms with Gasteiger partial charge in [-0.25, -0.2) is 0 Å². The Hall–Kier alpha value is -0.760. The standard InChI is InChI=1S/C43H86NO7P/c1-6-8-10-12-14-16-18-20-22-24-26-28-30-32-34-36-43(45)51-42(41-50-52(46,47)49-39-37-44(3,4)5)40-48-38-35-33-31-29-27-25-23-21-19-17-15-13-11-9-7-2/h20,22,42H,6-19,21,23-41H2,1-5H3/b22-20-/t42-/m1/s1. The van der Waals surface area contributed by atoms with E-state index in [0.717, 1.165) is 44.9 Å². The minimum atomic E-state index is -4.52. The molecule has 0 heterocycles. The number of allylic oxidation sites excluding steroid dienone is 2. The first kappa shape index (κ1) is 51.2. The molecule has 0 spiro atoms. The number of ether oxygens (including phenoxy) is 2. The molecule has 8 nitrogen and oxygen atoms in total. The van der Waals surface area contributed by atoms with Gasteiger partial charge in [-0.15, -0.1) is 0 Å². The molecule has 0 amide bonds. The van der Waals surface area contributed by atoms with Crippen LogP contribution in [0.5, 0.6) is 0 Å². The van der Waals surface area contributed by atoms with E-state index in [4.69, 9.17) is 18.5 Å². The van der Waals surface area contributed by atoms with Crippen LogP contribution in [0, 0.1) is 0 Å². The van der Waals surface area contributed by atoms with Crippen molar-refractivity contribution in [2.24, 2.45) is 0 Å². The Morgan fingerprint density at radius 3 is 1.46 bits per heavy atom. The van der Waals surface area contributed by atoms with Crippen molar-refractivity contribution in [1.82, 2.24) is 0 Å². The van der Waals surface area contributed by atoms with Crippen molar-refractivity contribution in [3.05, 3.63) is 12.2 Å². The van der Waals surface area contributed by atoms with Crippen LogP contribution >= 0.6 is 7.82 Å². The van der Waals surface area contributed by atoms with E-state index in [9.17, 15) is 14.3 Å². The molecule has 0 aliphatic rings. The SMILES string of the molecule is CCCCCCCC/C=C\CCCCCCCC(=O)O[C@H](COCCCCCCCCCCCCCCCCC)COP(=O)([O-])OCC[N+](C)(C)C. The predicted octanol–water partition coefficient (Wildman–Crippen LogP) is 12.0. The second kappa shape index (κ2) is 37.2. The Bertz CT molecular complexity index is 848. The van der Waals surface area contributed by atoms with E-state index in [0.29, 0.717) is 24.1 Å². The molecule has 0 N–H and O–H groups in total. The molecule has 0 saturated carbocycles. The third-order valence-electron chi connectivity index (χ3n) is 9.57. The zero-order valence-corrected chi connectivity index (χ0v) is 35.9. The summed E-state index contributed by atoms with van der Waals surface area (Å²) in [6.07, 6.45) is 39.3. The molecule has 0 aromatic rings. The number of likely N-dealkylation sites (N-methyl/N-ethyl adjacent to an activating group) is 1. The number of unbranched alkanes of at least 4 members (excludes halogenated alkanes) is 25. The van der Waals surface area contributed by atoms with E-state index in [1.807, 2.05) is 21.1 Å². The second-order valence-electron chi connectivity index (χ2n) is 16.1. The molecular formula is C43H86NO7P. The highest BCUT2D eigenvalue weighted by molar-refractivity contribution is 7.45. The monoisotopic (exact) mass is 760 g/mol. The molecule has 0 aliphatic carbocycles. The van der Waals surface area contributed by atoms with Crippen molar-refractivity contribution in [3.63, 3.8) is 0 Å². The number of phosphoric acid groups is 1. The van der Waals surface area contributed by atoms with Gasteiger partial charge in [0.05, 0.1) is 34.4 Å². The van der Waals surface area contributed by atoms with Crippen molar-refractivity contribution in [1.29, 1.82) is 0 Å². The van der Waals surface area contributed by atoms with Crippen molar-refractivity contribution in [2.45, 2.75) is 206 Å². The average Bonchev–Trinajstić information content (AvgIpc) is 3.09. The number of esters is 1. The van der Waals surface area contributed by atoms with Gasteiger partial charge >= 0.3 is 5.97 Å². The number of phosphoric ester groups is 1.